The van der Waals surface area contributed by atoms with E-state index in [1.165, 1.54) is 13.2 Å². The number of fused-ring (bicyclic) bond motifs is 1. The lowest BCUT2D eigenvalue weighted by Gasteiger charge is -2.37. The SMILES string of the molecule is CCCCc1cc2ccccc2c(OCC[N+](C)(C)[C@@H](C(=O)OC)c2ccc(C(N)=O)c(O)c2-c2ccccc2)n1. The normalized spacial score (nSPS) is 12.2. The summed E-state index contributed by atoms with van der Waals surface area (Å²) in [6.07, 6.45) is 2.99. The molecule has 4 aromatic rings. The molecule has 214 valence electrons. The second-order valence-electron chi connectivity index (χ2n) is 10.7. The maximum Gasteiger partial charge on any atom is 0.369 e. The van der Waals surface area contributed by atoms with Crippen molar-refractivity contribution in [2.75, 3.05) is 34.4 Å². The number of aromatic nitrogens is 1. The number of carbonyl (C=O) groups is 2. The van der Waals surface area contributed by atoms with Gasteiger partial charge in [0.05, 0.1) is 26.8 Å². The van der Waals surface area contributed by atoms with Crippen LogP contribution in [-0.4, -0.2) is 60.8 Å². The molecule has 1 aromatic heterocycles. The summed E-state index contributed by atoms with van der Waals surface area (Å²) in [6, 6.07) is 21.5. The quantitative estimate of drug-likeness (QED) is 0.178. The number of hydrogen-bond acceptors (Lipinski definition) is 6. The summed E-state index contributed by atoms with van der Waals surface area (Å²) in [7, 11) is 5.15. The van der Waals surface area contributed by atoms with Gasteiger partial charge < -0.3 is 24.8 Å². The molecule has 0 bridgehead atoms. The highest BCUT2D eigenvalue weighted by Gasteiger charge is 2.40. The van der Waals surface area contributed by atoms with Crippen LogP contribution in [0.1, 0.15) is 47.4 Å². The molecule has 41 heavy (non-hydrogen) atoms. The molecule has 0 saturated heterocycles. The maximum absolute atomic E-state index is 13.4. The zero-order valence-electron chi connectivity index (χ0n) is 24.1. The van der Waals surface area contributed by atoms with E-state index in [0.717, 1.165) is 35.7 Å². The van der Waals surface area contributed by atoms with Crippen molar-refractivity contribution in [2.45, 2.75) is 32.2 Å². The van der Waals surface area contributed by atoms with E-state index in [0.29, 0.717) is 29.1 Å². The molecule has 3 aromatic carbocycles. The first-order chi connectivity index (χ1) is 19.7. The number of quaternary nitrogens is 1. The minimum atomic E-state index is -0.841. The minimum Gasteiger partial charge on any atom is -0.506 e. The lowest BCUT2D eigenvalue weighted by Crippen LogP contribution is -2.49. The highest BCUT2D eigenvalue weighted by Crippen LogP contribution is 2.41. The summed E-state index contributed by atoms with van der Waals surface area (Å²) in [4.78, 5) is 30.2. The van der Waals surface area contributed by atoms with Crippen LogP contribution in [0.3, 0.4) is 0 Å². The molecule has 0 saturated carbocycles. The summed E-state index contributed by atoms with van der Waals surface area (Å²) in [6.45, 7) is 2.85. The lowest BCUT2D eigenvalue weighted by atomic mass is 9.90. The van der Waals surface area contributed by atoms with E-state index in [1.54, 1.807) is 6.07 Å². The van der Waals surface area contributed by atoms with Gasteiger partial charge >= 0.3 is 5.97 Å². The van der Waals surface area contributed by atoms with Gasteiger partial charge in [0.2, 0.25) is 11.9 Å². The van der Waals surface area contributed by atoms with Gasteiger partial charge in [-0.05, 0) is 42.0 Å². The molecule has 0 radical (unpaired) electrons. The third kappa shape index (κ3) is 6.49. The molecule has 0 aliphatic carbocycles. The molecule has 0 aliphatic heterocycles. The summed E-state index contributed by atoms with van der Waals surface area (Å²) < 4.78 is 11.7. The number of unbranched alkanes of at least 4 members (excludes halogenated alkanes) is 1. The summed E-state index contributed by atoms with van der Waals surface area (Å²) >= 11 is 0. The van der Waals surface area contributed by atoms with Gasteiger partial charge in [-0.2, -0.15) is 0 Å². The Balaban J connectivity index is 1.69. The molecule has 1 amide bonds. The van der Waals surface area contributed by atoms with Gasteiger partial charge in [0.25, 0.3) is 5.91 Å². The Kier molecular flexibility index (Phi) is 9.24. The van der Waals surface area contributed by atoms with Crippen molar-refractivity contribution in [3.63, 3.8) is 0 Å². The minimum absolute atomic E-state index is 0.0224. The predicted octanol–water partition coefficient (Wildman–Crippen LogP) is 5.42. The number of likely N-dealkylation sites (N-methyl/N-ethyl adjacent to an activating group) is 1. The number of nitrogens with two attached hydrogens (primary N) is 1. The molecule has 8 heteroatoms. The Morgan fingerprint density at radius 1 is 1.02 bits per heavy atom. The third-order valence-electron chi connectivity index (χ3n) is 7.41. The monoisotopic (exact) mass is 556 g/mol. The predicted molar refractivity (Wildman–Crippen MR) is 160 cm³/mol. The lowest BCUT2D eigenvalue weighted by molar-refractivity contribution is -0.912. The highest BCUT2D eigenvalue weighted by atomic mass is 16.5. The molecular formula is C33H38N3O5+. The van der Waals surface area contributed by atoms with Crippen molar-refractivity contribution < 1.29 is 28.7 Å². The Morgan fingerprint density at radius 2 is 1.73 bits per heavy atom. The van der Waals surface area contributed by atoms with Crippen molar-refractivity contribution in [2.24, 2.45) is 5.73 Å². The molecule has 8 nitrogen and oxygen atoms in total. The van der Waals surface area contributed by atoms with Gasteiger partial charge in [0.15, 0.2) is 0 Å². The molecule has 0 spiro atoms. The number of nitrogens with zero attached hydrogens (tertiary/aromatic N) is 2. The van der Waals surface area contributed by atoms with E-state index >= 15 is 0 Å². The first-order valence-corrected chi connectivity index (χ1v) is 13.8. The van der Waals surface area contributed by atoms with Crippen molar-refractivity contribution in [1.82, 2.24) is 4.98 Å². The number of esters is 1. The number of aryl methyl sites for hydroxylation is 1. The van der Waals surface area contributed by atoms with E-state index in [4.69, 9.17) is 20.2 Å². The Hall–Kier alpha value is -4.43. The van der Waals surface area contributed by atoms with Crippen molar-refractivity contribution >= 4 is 22.6 Å². The zero-order chi connectivity index (χ0) is 29.6. The fourth-order valence-corrected chi connectivity index (χ4v) is 5.16. The van der Waals surface area contributed by atoms with Crippen LogP contribution >= 0.6 is 0 Å². The number of pyridine rings is 1. The second-order valence-corrected chi connectivity index (χ2v) is 10.7. The fourth-order valence-electron chi connectivity index (χ4n) is 5.16. The number of hydrogen-bond donors (Lipinski definition) is 2. The van der Waals surface area contributed by atoms with E-state index in [2.05, 4.69) is 19.1 Å². The van der Waals surface area contributed by atoms with Gasteiger partial charge in [0, 0.05) is 22.2 Å². The van der Waals surface area contributed by atoms with Crippen LogP contribution in [0.15, 0.2) is 72.8 Å². The number of carbonyl (C=O) groups excluding carboxylic acids is 2. The van der Waals surface area contributed by atoms with Crippen molar-refractivity contribution in [3.8, 4) is 22.8 Å². The van der Waals surface area contributed by atoms with E-state index in [1.807, 2.05) is 62.6 Å². The molecule has 0 aliphatic rings. The summed E-state index contributed by atoms with van der Waals surface area (Å²) in [5.74, 6) is -0.949. The number of ether oxygens (including phenoxy) is 2. The first-order valence-electron chi connectivity index (χ1n) is 13.8. The highest BCUT2D eigenvalue weighted by molar-refractivity contribution is 5.99. The molecule has 3 N–H and O–H groups in total. The number of benzene rings is 3. The average Bonchev–Trinajstić information content (AvgIpc) is 2.96. The van der Waals surface area contributed by atoms with E-state index < -0.39 is 17.9 Å². The number of methoxy groups -OCH3 is 1. The third-order valence-corrected chi connectivity index (χ3v) is 7.41. The molecule has 1 atom stereocenters. The Morgan fingerprint density at radius 3 is 2.41 bits per heavy atom. The summed E-state index contributed by atoms with van der Waals surface area (Å²) in [5, 5.41) is 13.2. The topological polar surface area (TPSA) is 112 Å². The van der Waals surface area contributed by atoms with Crippen LogP contribution in [0.2, 0.25) is 0 Å². The molecule has 0 fully saturated rings. The van der Waals surface area contributed by atoms with Gasteiger partial charge in [-0.1, -0.05) is 67.9 Å². The zero-order valence-corrected chi connectivity index (χ0v) is 24.1. The van der Waals surface area contributed by atoms with Crippen LogP contribution in [0.4, 0.5) is 0 Å². The number of aromatic hydroxyl groups is 1. The Labute approximate surface area is 240 Å². The van der Waals surface area contributed by atoms with Crippen LogP contribution in [-0.2, 0) is 16.0 Å². The molecule has 0 unspecified atom stereocenters. The smallest absolute Gasteiger partial charge is 0.369 e. The average molecular weight is 557 g/mol. The largest absolute Gasteiger partial charge is 0.506 e. The summed E-state index contributed by atoms with van der Waals surface area (Å²) in [5.41, 5.74) is 8.03. The van der Waals surface area contributed by atoms with Crippen molar-refractivity contribution in [1.29, 1.82) is 0 Å². The van der Waals surface area contributed by atoms with Gasteiger partial charge in [-0.3, -0.25) is 4.79 Å². The van der Waals surface area contributed by atoms with E-state index in [9.17, 15) is 14.7 Å². The number of phenols is 1. The fraction of sp³-hybridized carbons (Fsp3) is 0.303. The van der Waals surface area contributed by atoms with Crippen LogP contribution < -0.4 is 10.5 Å². The van der Waals surface area contributed by atoms with Crippen LogP contribution in [0, 0.1) is 0 Å². The van der Waals surface area contributed by atoms with Crippen LogP contribution in [0.5, 0.6) is 11.6 Å². The standard InChI is InChI=1S/C33H37N3O5/c1-5-6-15-24-21-23-14-10-11-16-25(23)32(35-24)41-20-19-36(2,3)29(33(39)40-4)26-17-18-27(31(34)38)30(37)28(26)22-12-8-7-9-13-22/h7-14,16-18,21,29H,5-6,15,19-20H2,1-4H3,(H2-,34,37,38)/p+1/t29-/m1/s1. The van der Waals surface area contributed by atoms with Gasteiger partial charge in [-0.25, -0.2) is 9.78 Å². The van der Waals surface area contributed by atoms with Gasteiger partial charge in [0.1, 0.15) is 18.9 Å². The molecule has 1 heterocycles. The number of rotatable bonds is 12. The Bertz CT molecular complexity index is 1540. The molecular weight excluding hydrogens is 518 g/mol. The first kappa shape index (κ1) is 29.6. The maximum atomic E-state index is 13.4. The second kappa shape index (κ2) is 12.8. The number of amides is 1. The number of primary amides is 1. The van der Waals surface area contributed by atoms with Crippen molar-refractivity contribution in [3.05, 3.63) is 89.6 Å². The van der Waals surface area contributed by atoms with Crippen LogP contribution in [0.25, 0.3) is 21.9 Å². The van der Waals surface area contributed by atoms with E-state index in [-0.39, 0.29) is 22.4 Å². The van der Waals surface area contributed by atoms with Gasteiger partial charge in [-0.15, -0.1) is 0 Å². The molecule has 4 rings (SSSR count).